The number of rotatable bonds is 8. The van der Waals surface area contributed by atoms with E-state index in [1.165, 1.54) is 16.7 Å². The first kappa shape index (κ1) is 25.8. The quantitative estimate of drug-likeness (QED) is 0.261. The minimum Gasteiger partial charge on any atom is -0.448 e. The van der Waals surface area contributed by atoms with E-state index in [4.69, 9.17) is 16.3 Å². The minimum absolute atomic E-state index is 0.000187. The number of nitrogens with zero attached hydrogens (tertiary/aromatic N) is 1. The van der Waals surface area contributed by atoms with Crippen LogP contribution in [0.5, 0.6) is 0 Å². The predicted molar refractivity (Wildman–Crippen MR) is 144 cm³/mol. The van der Waals surface area contributed by atoms with E-state index in [1.54, 1.807) is 0 Å². The van der Waals surface area contributed by atoms with Crippen LogP contribution >= 0.6 is 23.4 Å². The predicted octanol–water partition coefficient (Wildman–Crippen LogP) is 3.98. The molecule has 1 N–H and O–H groups in total. The lowest BCUT2D eigenvalue weighted by atomic mass is 10.0. The Hall–Kier alpha value is -3.88. The van der Waals surface area contributed by atoms with Crippen LogP contribution in [0.15, 0.2) is 102 Å². The highest BCUT2D eigenvalue weighted by atomic mass is 35.5. The molecule has 7 nitrogen and oxygen atoms in total. The van der Waals surface area contributed by atoms with Crippen molar-refractivity contribution in [3.63, 3.8) is 0 Å². The molecule has 2 amide bonds. The summed E-state index contributed by atoms with van der Waals surface area (Å²) in [5.41, 5.74) is 2.10. The molecule has 38 heavy (non-hydrogen) atoms. The maximum Gasteiger partial charge on any atom is 0.356 e. The molecule has 0 aromatic heterocycles. The summed E-state index contributed by atoms with van der Waals surface area (Å²) >= 11 is 7.10. The Morgan fingerprint density at radius 3 is 2.03 bits per heavy atom. The third-order valence-corrected chi connectivity index (χ3v) is 7.86. The lowest BCUT2D eigenvalue weighted by Gasteiger charge is -2.49. The van der Waals surface area contributed by atoms with Crippen LogP contribution < -0.4 is 5.32 Å². The van der Waals surface area contributed by atoms with E-state index >= 15 is 0 Å². The lowest BCUT2D eigenvalue weighted by molar-refractivity contribution is -0.154. The van der Waals surface area contributed by atoms with Gasteiger partial charge in [0.05, 0.1) is 12.0 Å². The zero-order chi connectivity index (χ0) is 26.6. The van der Waals surface area contributed by atoms with Gasteiger partial charge in [0.2, 0.25) is 5.91 Å². The molecule has 0 bridgehead atoms. The van der Waals surface area contributed by atoms with Crippen LogP contribution in [0.25, 0.3) is 0 Å². The number of carbonyl (C=O) groups excluding carboxylic acids is 4. The Labute approximate surface area is 228 Å². The fraction of sp³-hybridized carbons (Fsp3) is 0.172. The van der Waals surface area contributed by atoms with E-state index in [1.807, 2.05) is 91.0 Å². The fourth-order valence-corrected chi connectivity index (χ4v) is 6.09. The summed E-state index contributed by atoms with van der Waals surface area (Å²) in [6.07, 6.45) is -0.650. The zero-order valence-electron chi connectivity index (χ0n) is 20.1. The second-order valence-corrected chi connectivity index (χ2v) is 10.3. The van der Waals surface area contributed by atoms with E-state index in [-0.39, 0.29) is 29.4 Å². The molecule has 3 aromatic rings. The molecule has 2 aliphatic rings. The summed E-state index contributed by atoms with van der Waals surface area (Å²) in [5.74, 6) is -1.54. The van der Waals surface area contributed by atoms with Crippen molar-refractivity contribution in [3.8, 4) is 0 Å². The van der Waals surface area contributed by atoms with Crippen molar-refractivity contribution in [2.75, 3.05) is 5.75 Å². The van der Waals surface area contributed by atoms with Crippen LogP contribution in [-0.2, 0) is 30.3 Å². The van der Waals surface area contributed by atoms with E-state index in [0.717, 1.165) is 16.7 Å². The SMILES string of the molecule is O=C(Cc1ccccc1)NC1C(=O)N2C(C(=O)OC(c3ccccc3)c3ccccc3)=C(C(=O)Cl)CS[C@H]12. The van der Waals surface area contributed by atoms with E-state index < -0.39 is 34.6 Å². The largest absolute Gasteiger partial charge is 0.448 e. The molecule has 2 heterocycles. The molecule has 3 aromatic carbocycles. The number of halogens is 1. The standard InChI is InChI=1S/C29H23ClN2O5S/c30-26(34)21-17-38-28-23(31-22(33)16-18-10-4-1-5-11-18)27(35)32(28)24(21)29(36)37-25(19-12-6-2-7-13-19)20-14-8-3-9-15-20/h1-15,23,25,28H,16-17H2,(H,31,33)/t23?,28-/m1/s1. The molecule has 9 heteroatoms. The fourth-order valence-electron chi connectivity index (χ4n) is 4.51. The summed E-state index contributed by atoms with van der Waals surface area (Å²) in [6, 6.07) is 26.7. The molecule has 2 atom stereocenters. The second kappa shape index (κ2) is 11.2. The van der Waals surface area contributed by atoms with Gasteiger partial charge in [-0.25, -0.2) is 4.79 Å². The first-order valence-electron chi connectivity index (χ1n) is 12.0. The lowest BCUT2D eigenvalue weighted by Crippen LogP contribution is -2.70. The van der Waals surface area contributed by atoms with Gasteiger partial charge in [0.25, 0.3) is 11.1 Å². The van der Waals surface area contributed by atoms with Crippen LogP contribution in [0.1, 0.15) is 22.8 Å². The molecule has 1 fully saturated rings. The van der Waals surface area contributed by atoms with Crippen LogP contribution in [0, 0.1) is 0 Å². The third kappa shape index (κ3) is 5.23. The molecule has 0 saturated carbocycles. The van der Waals surface area contributed by atoms with Gasteiger partial charge >= 0.3 is 5.97 Å². The average molecular weight is 547 g/mol. The van der Waals surface area contributed by atoms with Crippen molar-refractivity contribution in [2.24, 2.45) is 0 Å². The molecule has 0 aliphatic carbocycles. The molecular weight excluding hydrogens is 524 g/mol. The smallest absolute Gasteiger partial charge is 0.356 e. The average Bonchev–Trinajstić information content (AvgIpc) is 2.95. The topological polar surface area (TPSA) is 92.8 Å². The summed E-state index contributed by atoms with van der Waals surface area (Å²) in [7, 11) is 0. The van der Waals surface area contributed by atoms with Gasteiger partial charge in [-0.1, -0.05) is 91.0 Å². The van der Waals surface area contributed by atoms with E-state index in [0.29, 0.717) is 0 Å². The Bertz CT molecular complexity index is 1360. The van der Waals surface area contributed by atoms with Crippen molar-refractivity contribution >= 4 is 46.4 Å². The summed E-state index contributed by atoms with van der Waals surface area (Å²) in [4.78, 5) is 52.9. The molecule has 2 aliphatic heterocycles. The number of benzene rings is 3. The molecule has 1 saturated heterocycles. The zero-order valence-corrected chi connectivity index (χ0v) is 21.7. The first-order valence-corrected chi connectivity index (χ1v) is 13.4. The Morgan fingerprint density at radius 1 is 0.921 bits per heavy atom. The van der Waals surface area contributed by atoms with Gasteiger partial charge in [0.1, 0.15) is 17.1 Å². The number of hydrogen-bond donors (Lipinski definition) is 1. The van der Waals surface area contributed by atoms with E-state index in [9.17, 15) is 19.2 Å². The van der Waals surface area contributed by atoms with Crippen LogP contribution in [0.3, 0.4) is 0 Å². The number of amides is 2. The molecule has 192 valence electrons. The number of β-lactam (4-membered cyclic amide) rings is 1. The molecule has 5 rings (SSSR count). The summed E-state index contributed by atoms with van der Waals surface area (Å²) in [5, 5.41) is 1.38. The molecular formula is C29H23ClN2O5S. The molecule has 0 spiro atoms. The van der Waals surface area contributed by atoms with Crippen molar-refractivity contribution < 1.29 is 23.9 Å². The minimum atomic E-state index is -0.834. The van der Waals surface area contributed by atoms with Crippen LogP contribution in [-0.4, -0.2) is 45.1 Å². The number of carbonyl (C=O) groups is 4. The van der Waals surface area contributed by atoms with Crippen molar-refractivity contribution in [1.82, 2.24) is 10.2 Å². The Morgan fingerprint density at radius 2 is 1.47 bits per heavy atom. The van der Waals surface area contributed by atoms with Gasteiger partial charge in [-0.3, -0.25) is 19.3 Å². The maximum atomic E-state index is 13.6. The summed E-state index contributed by atoms with van der Waals surface area (Å²) < 4.78 is 5.94. The van der Waals surface area contributed by atoms with Crippen LogP contribution in [0.4, 0.5) is 0 Å². The molecule has 1 unspecified atom stereocenters. The van der Waals surface area contributed by atoms with Gasteiger partial charge in [0, 0.05) is 5.75 Å². The number of esters is 1. The number of thioether (sulfide) groups is 1. The maximum absolute atomic E-state index is 13.6. The van der Waals surface area contributed by atoms with Crippen molar-refractivity contribution in [1.29, 1.82) is 0 Å². The Kier molecular flexibility index (Phi) is 7.62. The van der Waals surface area contributed by atoms with Gasteiger partial charge in [-0.05, 0) is 28.3 Å². The highest BCUT2D eigenvalue weighted by Gasteiger charge is 2.55. The number of fused-ring (bicyclic) bond motifs is 1. The first-order chi connectivity index (χ1) is 18.4. The number of ether oxygens (including phenoxy) is 1. The highest BCUT2D eigenvalue weighted by Crippen LogP contribution is 2.42. The van der Waals surface area contributed by atoms with Crippen LogP contribution in [0.2, 0.25) is 0 Å². The summed E-state index contributed by atoms with van der Waals surface area (Å²) in [6.45, 7) is 0. The second-order valence-electron chi connectivity index (χ2n) is 8.82. The van der Waals surface area contributed by atoms with Gasteiger partial charge < -0.3 is 10.1 Å². The van der Waals surface area contributed by atoms with Crippen molar-refractivity contribution in [3.05, 3.63) is 119 Å². The highest BCUT2D eigenvalue weighted by molar-refractivity contribution is 8.00. The van der Waals surface area contributed by atoms with Crippen molar-refractivity contribution in [2.45, 2.75) is 23.9 Å². The van der Waals surface area contributed by atoms with Gasteiger partial charge in [-0.15, -0.1) is 11.8 Å². The molecule has 0 radical (unpaired) electrons. The van der Waals surface area contributed by atoms with Gasteiger partial charge in [0.15, 0.2) is 6.10 Å². The monoisotopic (exact) mass is 546 g/mol. The van der Waals surface area contributed by atoms with E-state index in [2.05, 4.69) is 5.32 Å². The number of hydrogen-bond acceptors (Lipinski definition) is 6. The third-order valence-electron chi connectivity index (χ3n) is 6.35. The Balaban J connectivity index is 1.38. The normalized spacial score (nSPS) is 18.5. The van der Waals surface area contributed by atoms with Gasteiger partial charge in [-0.2, -0.15) is 0 Å². The number of nitrogens with one attached hydrogen (secondary N) is 1.